The SMILES string of the molecule is CCNc1nnc(-c2ccc(NC(C)=O)cc2)s1. The molecule has 94 valence electrons. The smallest absolute Gasteiger partial charge is 0.221 e. The molecule has 1 aromatic heterocycles. The van der Waals surface area contributed by atoms with Crippen molar-refractivity contribution in [2.45, 2.75) is 13.8 Å². The van der Waals surface area contributed by atoms with E-state index in [0.717, 1.165) is 27.9 Å². The maximum Gasteiger partial charge on any atom is 0.221 e. The van der Waals surface area contributed by atoms with Crippen LogP contribution >= 0.6 is 11.3 Å². The molecular weight excluding hydrogens is 248 g/mol. The highest BCUT2D eigenvalue weighted by Gasteiger charge is 2.05. The van der Waals surface area contributed by atoms with Gasteiger partial charge in [0.2, 0.25) is 11.0 Å². The molecule has 0 bridgehead atoms. The van der Waals surface area contributed by atoms with Gasteiger partial charge in [0.25, 0.3) is 0 Å². The molecule has 0 fully saturated rings. The number of hydrogen-bond donors (Lipinski definition) is 2. The van der Waals surface area contributed by atoms with E-state index in [0.29, 0.717) is 0 Å². The second-order valence-electron chi connectivity index (χ2n) is 3.70. The van der Waals surface area contributed by atoms with Crippen LogP contribution in [0.3, 0.4) is 0 Å². The number of anilines is 2. The van der Waals surface area contributed by atoms with Crippen molar-refractivity contribution in [2.75, 3.05) is 17.2 Å². The molecule has 5 nitrogen and oxygen atoms in total. The number of nitrogens with one attached hydrogen (secondary N) is 2. The number of amides is 1. The zero-order chi connectivity index (χ0) is 13.0. The summed E-state index contributed by atoms with van der Waals surface area (Å²) in [6.07, 6.45) is 0. The van der Waals surface area contributed by atoms with E-state index < -0.39 is 0 Å². The van der Waals surface area contributed by atoms with Crippen LogP contribution in [0, 0.1) is 0 Å². The van der Waals surface area contributed by atoms with Gasteiger partial charge in [-0.15, -0.1) is 10.2 Å². The predicted molar refractivity (Wildman–Crippen MR) is 73.8 cm³/mol. The minimum Gasteiger partial charge on any atom is -0.360 e. The maximum absolute atomic E-state index is 10.9. The van der Waals surface area contributed by atoms with Crippen LogP contribution in [0.15, 0.2) is 24.3 Å². The molecule has 0 radical (unpaired) electrons. The molecule has 1 heterocycles. The molecule has 0 saturated heterocycles. The summed E-state index contributed by atoms with van der Waals surface area (Å²) in [4.78, 5) is 10.9. The molecule has 1 amide bonds. The quantitative estimate of drug-likeness (QED) is 0.888. The highest BCUT2D eigenvalue weighted by molar-refractivity contribution is 7.18. The van der Waals surface area contributed by atoms with E-state index in [2.05, 4.69) is 20.8 Å². The molecule has 6 heteroatoms. The molecule has 0 unspecified atom stereocenters. The van der Waals surface area contributed by atoms with Crippen molar-refractivity contribution >= 4 is 28.1 Å². The summed E-state index contributed by atoms with van der Waals surface area (Å²) < 4.78 is 0. The van der Waals surface area contributed by atoms with Crippen LogP contribution in [0.25, 0.3) is 10.6 Å². The highest BCUT2D eigenvalue weighted by Crippen LogP contribution is 2.27. The van der Waals surface area contributed by atoms with E-state index >= 15 is 0 Å². The van der Waals surface area contributed by atoms with Gasteiger partial charge in [-0.2, -0.15) is 0 Å². The number of aromatic nitrogens is 2. The Morgan fingerprint density at radius 3 is 2.61 bits per heavy atom. The molecule has 18 heavy (non-hydrogen) atoms. The molecule has 2 rings (SSSR count). The van der Waals surface area contributed by atoms with Crippen LogP contribution in [0.1, 0.15) is 13.8 Å². The van der Waals surface area contributed by atoms with Crippen molar-refractivity contribution in [3.8, 4) is 10.6 Å². The van der Waals surface area contributed by atoms with Gasteiger partial charge in [-0.3, -0.25) is 4.79 Å². The third-order valence-electron chi connectivity index (χ3n) is 2.21. The molecule has 2 N–H and O–H groups in total. The summed E-state index contributed by atoms with van der Waals surface area (Å²) in [5.41, 5.74) is 1.77. The van der Waals surface area contributed by atoms with Gasteiger partial charge < -0.3 is 10.6 Å². The summed E-state index contributed by atoms with van der Waals surface area (Å²) in [7, 11) is 0. The van der Waals surface area contributed by atoms with E-state index in [4.69, 9.17) is 0 Å². The Balaban J connectivity index is 2.15. The monoisotopic (exact) mass is 262 g/mol. The van der Waals surface area contributed by atoms with Crippen LogP contribution in [-0.4, -0.2) is 22.6 Å². The number of carbonyl (C=O) groups is 1. The van der Waals surface area contributed by atoms with Gasteiger partial charge in [0.05, 0.1) is 0 Å². The fraction of sp³-hybridized carbons (Fsp3) is 0.250. The number of hydrogen-bond acceptors (Lipinski definition) is 5. The van der Waals surface area contributed by atoms with Crippen LogP contribution < -0.4 is 10.6 Å². The van der Waals surface area contributed by atoms with Crippen LogP contribution in [-0.2, 0) is 4.79 Å². The molecule has 0 aliphatic heterocycles. The molecule has 0 spiro atoms. The van der Waals surface area contributed by atoms with Crippen LogP contribution in [0.2, 0.25) is 0 Å². The van der Waals surface area contributed by atoms with Gasteiger partial charge in [-0.25, -0.2) is 0 Å². The lowest BCUT2D eigenvalue weighted by Gasteiger charge is -2.02. The third-order valence-corrected chi connectivity index (χ3v) is 3.14. The van der Waals surface area contributed by atoms with Crippen LogP contribution in [0.5, 0.6) is 0 Å². The molecular formula is C12H14N4OS. The second-order valence-corrected chi connectivity index (χ2v) is 4.68. The van der Waals surface area contributed by atoms with E-state index in [1.54, 1.807) is 0 Å². The third kappa shape index (κ3) is 3.04. The van der Waals surface area contributed by atoms with Crippen molar-refractivity contribution in [1.29, 1.82) is 0 Å². The minimum atomic E-state index is -0.0758. The Bertz CT molecular complexity index is 535. The van der Waals surface area contributed by atoms with Gasteiger partial charge in [0, 0.05) is 24.7 Å². The first kappa shape index (κ1) is 12.5. The summed E-state index contributed by atoms with van der Waals surface area (Å²) in [6, 6.07) is 7.54. The molecule has 0 aliphatic rings. The standard InChI is InChI=1S/C12H14N4OS/c1-3-13-12-16-15-11(18-12)9-4-6-10(7-5-9)14-8(2)17/h4-7H,3H2,1-2H3,(H,13,16)(H,14,17). The number of benzene rings is 1. The van der Waals surface area contributed by atoms with Crippen molar-refractivity contribution in [1.82, 2.24) is 10.2 Å². The summed E-state index contributed by atoms with van der Waals surface area (Å²) >= 11 is 1.51. The molecule has 2 aromatic rings. The van der Waals surface area contributed by atoms with E-state index in [1.165, 1.54) is 18.3 Å². The van der Waals surface area contributed by atoms with Gasteiger partial charge in [0.15, 0.2) is 0 Å². The van der Waals surface area contributed by atoms with Gasteiger partial charge in [-0.05, 0) is 31.2 Å². The average molecular weight is 262 g/mol. The summed E-state index contributed by atoms with van der Waals surface area (Å²) in [6.45, 7) is 4.33. The van der Waals surface area contributed by atoms with Gasteiger partial charge >= 0.3 is 0 Å². The minimum absolute atomic E-state index is 0.0758. The Labute approximate surface area is 109 Å². The zero-order valence-electron chi connectivity index (χ0n) is 10.2. The fourth-order valence-corrected chi connectivity index (χ4v) is 2.28. The Hall–Kier alpha value is -1.95. The zero-order valence-corrected chi connectivity index (χ0v) is 11.0. The largest absolute Gasteiger partial charge is 0.360 e. The first-order valence-corrected chi connectivity index (χ1v) is 6.46. The predicted octanol–water partition coefficient (Wildman–Crippen LogP) is 2.60. The first-order valence-electron chi connectivity index (χ1n) is 5.64. The molecule has 1 aromatic carbocycles. The van der Waals surface area contributed by atoms with Crippen molar-refractivity contribution in [3.63, 3.8) is 0 Å². The van der Waals surface area contributed by atoms with E-state index in [1.807, 2.05) is 31.2 Å². The van der Waals surface area contributed by atoms with E-state index in [9.17, 15) is 4.79 Å². The lowest BCUT2D eigenvalue weighted by Crippen LogP contribution is -2.05. The topological polar surface area (TPSA) is 66.9 Å². The highest BCUT2D eigenvalue weighted by atomic mass is 32.1. The lowest BCUT2D eigenvalue weighted by atomic mass is 10.2. The van der Waals surface area contributed by atoms with Gasteiger partial charge in [0.1, 0.15) is 5.01 Å². The van der Waals surface area contributed by atoms with Crippen molar-refractivity contribution < 1.29 is 4.79 Å². The van der Waals surface area contributed by atoms with Crippen molar-refractivity contribution in [3.05, 3.63) is 24.3 Å². The van der Waals surface area contributed by atoms with E-state index in [-0.39, 0.29) is 5.91 Å². The normalized spacial score (nSPS) is 10.1. The second kappa shape index (κ2) is 5.59. The Morgan fingerprint density at radius 2 is 2.00 bits per heavy atom. The van der Waals surface area contributed by atoms with Gasteiger partial charge in [-0.1, -0.05) is 11.3 Å². The summed E-state index contributed by atoms with van der Waals surface area (Å²) in [5.74, 6) is -0.0758. The Morgan fingerprint density at radius 1 is 1.28 bits per heavy atom. The average Bonchev–Trinajstić information content (AvgIpc) is 2.78. The van der Waals surface area contributed by atoms with Crippen molar-refractivity contribution in [2.24, 2.45) is 0 Å². The summed E-state index contributed by atoms with van der Waals surface area (Å²) in [5, 5.41) is 15.7. The van der Waals surface area contributed by atoms with Crippen LogP contribution in [0.4, 0.5) is 10.8 Å². The fourth-order valence-electron chi connectivity index (χ4n) is 1.46. The maximum atomic E-state index is 10.9. The number of carbonyl (C=O) groups excluding carboxylic acids is 1. The number of rotatable bonds is 4. The Kier molecular flexibility index (Phi) is 3.88. The number of nitrogens with zero attached hydrogens (tertiary/aromatic N) is 2. The lowest BCUT2D eigenvalue weighted by molar-refractivity contribution is -0.114. The first-order chi connectivity index (χ1) is 8.69. The molecule has 0 saturated carbocycles. The molecule has 0 atom stereocenters. The molecule has 0 aliphatic carbocycles.